The Balaban J connectivity index is 1.51. The van der Waals surface area contributed by atoms with E-state index in [2.05, 4.69) is 20.7 Å². The predicted molar refractivity (Wildman–Crippen MR) is 75.3 cm³/mol. The first-order chi connectivity index (χ1) is 10.1. The Morgan fingerprint density at radius 1 is 1.43 bits per heavy atom. The van der Waals surface area contributed by atoms with Gasteiger partial charge in [-0.2, -0.15) is 15.4 Å². The van der Waals surface area contributed by atoms with Crippen LogP contribution < -0.4 is 5.32 Å². The van der Waals surface area contributed by atoms with Crippen LogP contribution >= 0.6 is 0 Å². The van der Waals surface area contributed by atoms with Gasteiger partial charge in [0.1, 0.15) is 0 Å². The van der Waals surface area contributed by atoms with E-state index in [4.69, 9.17) is 0 Å². The number of nitrogens with one attached hydrogen (secondary N) is 2. The topological polar surface area (TPSA) is 91.0 Å². The van der Waals surface area contributed by atoms with Crippen LogP contribution in [0.2, 0.25) is 0 Å². The van der Waals surface area contributed by atoms with Crippen molar-refractivity contribution in [3.8, 4) is 0 Å². The molecule has 1 aliphatic heterocycles. The van der Waals surface area contributed by atoms with E-state index in [1.54, 1.807) is 0 Å². The second-order valence-corrected chi connectivity index (χ2v) is 6.01. The molecule has 0 saturated carbocycles. The van der Waals surface area contributed by atoms with Crippen LogP contribution in [0, 0.1) is 5.92 Å². The molecular weight excluding hydrogens is 270 g/mol. The van der Waals surface area contributed by atoms with Crippen LogP contribution in [0.4, 0.5) is 0 Å². The van der Waals surface area contributed by atoms with E-state index >= 15 is 0 Å². The van der Waals surface area contributed by atoms with Gasteiger partial charge in [-0.15, -0.1) is 0 Å². The third-order valence-corrected chi connectivity index (χ3v) is 4.30. The number of aromatic nitrogens is 3. The van der Waals surface area contributed by atoms with E-state index < -0.39 is 0 Å². The number of hydrogen-bond acceptors (Lipinski definition) is 4. The highest BCUT2D eigenvalue weighted by Crippen LogP contribution is 2.22. The molecule has 21 heavy (non-hydrogen) atoms. The SMILES string of the molecule is CC(CN1CCCC1=O)NC(=O)C1CCc2n[nH]nc2C1. The van der Waals surface area contributed by atoms with Gasteiger partial charge in [0.2, 0.25) is 11.8 Å². The van der Waals surface area contributed by atoms with E-state index in [1.165, 1.54) is 0 Å². The third-order valence-electron chi connectivity index (χ3n) is 4.30. The number of likely N-dealkylation sites (tertiary alicyclic amines) is 1. The lowest BCUT2D eigenvalue weighted by Gasteiger charge is -2.25. The summed E-state index contributed by atoms with van der Waals surface area (Å²) in [6.45, 7) is 3.37. The normalized spacial score (nSPS) is 23.0. The summed E-state index contributed by atoms with van der Waals surface area (Å²) in [5.74, 6) is 0.211. The van der Waals surface area contributed by atoms with E-state index in [0.29, 0.717) is 19.4 Å². The molecule has 1 aliphatic carbocycles. The molecule has 3 rings (SSSR count). The van der Waals surface area contributed by atoms with Crippen molar-refractivity contribution in [3.05, 3.63) is 11.4 Å². The van der Waals surface area contributed by atoms with Crippen LogP contribution in [-0.4, -0.2) is 51.3 Å². The highest BCUT2D eigenvalue weighted by Gasteiger charge is 2.29. The zero-order valence-corrected chi connectivity index (χ0v) is 12.3. The molecular formula is C14H21N5O2. The Morgan fingerprint density at radius 3 is 3.00 bits per heavy atom. The van der Waals surface area contributed by atoms with Crippen LogP contribution in [-0.2, 0) is 22.4 Å². The molecule has 2 unspecified atom stereocenters. The number of hydrogen-bond donors (Lipinski definition) is 2. The Morgan fingerprint density at radius 2 is 2.24 bits per heavy atom. The smallest absolute Gasteiger partial charge is 0.223 e. The van der Waals surface area contributed by atoms with E-state index in [9.17, 15) is 9.59 Å². The molecule has 0 bridgehead atoms. The number of H-pyrrole nitrogens is 1. The standard InChI is InChI=1S/C14H21N5O2/c1-9(8-19-6-2-3-13(19)20)15-14(21)10-4-5-11-12(7-10)17-18-16-11/h9-10H,2-8H2,1H3,(H,15,21)(H,16,17,18). The number of aryl methyl sites for hydroxylation is 1. The number of rotatable bonds is 4. The number of carbonyl (C=O) groups is 2. The van der Waals surface area contributed by atoms with Crippen LogP contribution in [0.1, 0.15) is 37.6 Å². The van der Waals surface area contributed by atoms with Crippen molar-refractivity contribution in [2.45, 2.75) is 45.1 Å². The minimum atomic E-state index is -0.0423. The van der Waals surface area contributed by atoms with Crippen molar-refractivity contribution < 1.29 is 9.59 Å². The van der Waals surface area contributed by atoms with Crippen LogP contribution in [0.3, 0.4) is 0 Å². The van der Waals surface area contributed by atoms with Crippen molar-refractivity contribution in [1.29, 1.82) is 0 Å². The van der Waals surface area contributed by atoms with Gasteiger partial charge >= 0.3 is 0 Å². The fourth-order valence-electron chi connectivity index (χ4n) is 3.14. The minimum absolute atomic E-state index is 0.0155. The fraction of sp³-hybridized carbons (Fsp3) is 0.714. The highest BCUT2D eigenvalue weighted by atomic mass is 16.2. The van der Waals surface area contributed by atoms with E-state index in [-0.39, 0.29) is 23.8 Å². The first-order valence-electron chi connectivity index (χ1n) is 7.60. The maximum atomic E-state index is 12.3. The number of aromatic amines is 1. The maximum absolute atomic E-state index is 12.3. The summed E-state index contributed by atoms with van der Waals surface area (Å²) >= 11 is 0. The van der Waals surface area contributed by atoms with Crippen molar-refractivity contribution in [2.75, 3.05) is 13.1 Å². The molecule has 2 N–H and O–H groups in total. The Bertz CT molecular complexity index is 541. The summed E-state index contributed by atoms with van der Waals surface area (Å²) in [5.41, 5.74) is 1.89. The van der Waals surface area contributed by atoms with Gasteiger partial charge in [0.15, 0.2) is 0 Å². The molecule has 114 valence electrons. The molecule has 0 spiro atoms. The quantitative estimate of drug-likeness (QED) is 0.819. The molecule has 0 radical (unpaired) electrons. The van der Waals surface area contributed by atoms with Crippen LogP contribution in [0.15, 0.2) is 0 Å². The summed E-state index contributed by atoms with van der Waals surface area (Å²) in [6.07, 6.45) is 3.81. The molecule has 1 aromatic heterocycles. The summed E-state index contributed by atoms with van der Waals surface area (Å²) in [6, 6.07) is -0.0155. The lowest BCUT2D eigenvalue weighted by Crippen LogP contribution is -2.45. The zero-order valence-electron chi connectivity index (χ0n) is 12.3. The van der Waals surface area contributed by atoms with E-state index in [1.807, 2.05) is 11.8 Å². The predicted octanol–water partition coefficient (Wildman–Crippen LogP) is 0.0367. The largest absolute Gasteiger partial charge is 0.352 e. The highest BCUT2D eigenvalue weighted by molar-refractivity contribution is 5.80. The number of amides is 2. The lowest BCUT2D eigenvalue weighted by molar-refractivity contribution is -0.130. The van der Waals surface area contributed by atoms with Gasteiger partial charge in [-0.1, -0.05) is 0 Å². The van der Waals surface area contributed by atoms with Gasteiger partial charge in [-0.05, 0) is 26.2 Å². The maximum Gasteiger partial charge on any atom is 0.223 e. The van der Waals surface area contributed by atoms with Crippen LogP contribution in [0.5, 0.6) is 0 Å². The van der Waals surface area contributed by atoms with Crippen molar-refractivity contribution in [3.63, 3.8) is 0 Å². The zero-order chi connectivity index (χ0) is 14.8. The van der Waals surface area contributed by atoms with Crippen molar-refractivity contribution >= 4 is 11.8 Å². The average Bonchev–Trinajstić information content (AvgIpc) is 3.07. The lowest BCUT2D eigenvalue weighted by atomic mass is 9.89. The fourth-order valence-corrected chi connectivity index (χ4v) is 3.14. The summed E-state index contributed by atoms with van der Waals surface area (Å²) < 4.78 is 0. The van der Waals surface area contributed by atoms with Crippen molar-refractivity contribution in [2.24, 2.45) is 5.92 Å². The Hall–Kier alpha value is -1.92. The summed E-state index contributed by atoms with van der Waals surface area (Å²) in [7, 11) is 0. The monoisotopic (exact) mass is 291 g/mol. The molecule has 1 aromatic rings. The second-order valence-electron chi connectivity index (χ2n) is 6.01. The van der Waals surface area contributed by atoms with Gasteiger partial charge in [-0.3, -0.25) is 9.59 Å². The molecule has 1 fully saturated rings. The number of carbonyl (C=O) groups excluding carboxylic acids is 2. The molecule has 2 amide bonds. The number of fused-ring (bicyclic) bond motifs is 1. The van der Waals surface area contributed by atoms with Gasteiger partial charge in [-0.25, -0.2) is 0 Å². The van der Waals surface area contributed by atoms with Gasteiger partial charge in [0.05, 0.1) is 11.4 Å². The Labute approximate surface area is 123 Å². The van der Waals surface area contributed by atoms with E-state index in [0.717, 1.165) is 37.2 Å². The second kappa shape index (κ2) is 5.83. The third kappa shape index (κ3) is 3.06. The molecule has 2 heterocycles. The molecule has 1 saturated heterocycles. The van der Waals surface area contributed by atoms with Gasteiger partial charge < -0.3 is 10.2 Å². The van der Waals surface area contributed by atoms with Gasteiger partial charge in [0.25, 0.3) is 0 Å². The van der Waals surface area contributed by atoms with Crippen molar-refractivity contribution in [1.82, 2.24) is 25.6 Å². The average molecular weight is 291 g/mol. The number of nitrogens with zero attached hydrogens (tertiary/aromatic N) is 3. The molecule has 7 heteroatoms. The van der Waals surface area contributed by atoms with Gasteiger partial charge in [0, 0.05) is 37.9 Å². The summed E-state index contributed by atoms with van der Waals surface area (Å²) in [5, 5.41) is 13.8. The Kier molecular flexibility index (Phi) is 3.90. The molecule has 2 aliphatic rings. The minimum Gasteiger partial charge on any atom is -0.352 e. The van der Waals surface area contributed by atoms with Crippen LogP contribution in [0.25, 0.3) is 0 Å². The molecule has 2 atom stereocenters. The molecule has 7 nitrogen and oxygen atoms in total. The first-order valence-corrected chi connectivity index (χ1v) is 7.60. The first kappa shape index (κ1) is 14.0. The molecule has 0 aromatic carbocycles. The summed E-state index contributed by atoms with van der Waals surface area (Å²) in [4.78, 5) is 25.8.